The molecular weight excluding hydrogens is 326 g/mol. The Labute approximate surface area is 152 Å². The van der Waals surface area contributed by atoms with E-state index in [9.17, 15) is 4.79 Å². The van der Waals surface area contributed by atoms with Gasteiger partial charge in [0.1, 0.15) is 0 Å². The van der Waals surface area contributed by atoms with Gasteiger partial charge in [0.25, 0.3) is 5.91 Å². The largest absolute Gasteiger partial charge is 0.364 e. The number of benzene rings is 1. The summed E-state index contributed by atoms with van der Waals surface area (Å²) in [4.78, 5) is 18.5. The molecule has 26 heavy (non-hydrogen) atoms. The normalized spacial score (nSPS) is 15.8. The second-order valence-corrected chi connectivity index (χ2v) is 6.97. The van der Waals surface area contributed by atoms with Crippen molar-refractivity contribution < 1.29 is 4.79 Å². The number of carbonyl (C=O) groups excluding carboxylic acids is 1. The molecule has 1 fully saturated rings. The zero-order valence-corrected chi connectivity index (χ0v) is 14.7. The van der Waals surface area contributed by atoms with E-state index in [0.29, 0.717) is 0 Å². The molecule has 0 atom stereocenters. The summed E-state index contributed by atoms with van der Waals surface area (Å²) in [6.07, 6.45) is 9.03. The third kappa shape index (κ3) is 3.46. The van der Waals surface area contributed by atoms with Gasteiger partial charge in [0.05, 0.1) is 5.52 Å². The first kappa shape index (κ1) is 16.7. The number of amides is 1. The van der Waals surface area contributed by atoms with Crippen molar-refractivity contribution in [3.63, 3.8) is 0 Å². The average molecular weight is 349 g/mol. The number of aromatic nitrogens is 3. The van der Waals surface area contributed by atoms with Crippen molar-refractivity contribution in [2.45, 2.75) is 32.2 Å². The highest BCUT2D eigenvalue weighted by molar-refractivity contribution is 6.04. The molecule has 0 spiro atoms. The standard InChI is InChI=1S/C20H23N5O/c21-20(26)19-17-10-15(5-6-18(17)23-24-19)16-9-14(11-22-12-16)13-25-7-3-1-2-4-8-25/h5-6,9-12H,1-4,7-8,13H2,(H2,21,26)(H,23,24). The van der Waals surface area contributed by atoms with Crippen molar-refractivity contribution in [1.29, 1.82) is 0 Å². The lowest BCUT2D eigenvalue weighted by molar-refractivity contribution is 0.0997. The van der Waals surface area contributed by atoms with Gasteiger partial charge in [0.15, 0.2) is 5.69 Å². The highest BCUT2D eigenvalue weighted by Gasteiger charge is 2.13. The summed E-state index contributed by atoms with van der Waals surface area (Å²) < 4.78 is 0. The third-order valence-corrected chi connectivity index (χ3v) is 5.03. The lowest BCUT2D eigenvalue weighted by Crippen LogP contribution is -2.24. The maximum atomic E-state index is 11.5. The zero-order chi connectivity index (χ0) is 17.9. The van der Waals surface area contributed by atoms with Gasteiger partial charge < -0.3 is 5.73 Å². The van der Waals surface area contributed by atoms with Gasteiger partial charge in [-0.2, -0.15) is 5.10 Å². The Bertz CT molecular complexity index is 925. The molecule has 1 aliphatic rings. The van der Waals surface area contributed by atoms with E-state index in [1.807, 2.05) is 30.6 Å². The molecule has 1 amide bonds. The Kier molecular flexibility index (Phi) is 4.67. The zero-order valence-electron chi connectivity index (χ0n) is 14.7. The van der Waals surface area contributed by atoms with Crippen LogP contribution in [-0.4, -0.2) is 39.1 Å². The molecule has 0 aliphatic carbocycles. The van der Waals surface area contributed by atoms with Crippen LogP contribution in [0, 0.1) is 0 Å². The molecule has 3 heterocycles. The van der Waals surface area contributed by atoms with Crippen molar-refractivity contribution in [3.05, 3.63) is 47.9 Å². The van der Waals surface area contributed by atoms with Crippen LogP contribution in [0.4, 0.5) is 0 Å². The van der Waals surface area contributed by atoms with Crippen LogP contribution in [0.25, 0.3) is 22.0 Å². The minimum absolute atomic E-state index is 0.274. The van der Waals surface area contributed by atoms with E-state index in [-0.39, 0.29) is 5.69 Å². The van der Waals surface area contributed by atoms with Crippen LogP contribution < -0.4 is 5.73 Å². The van der Waals surface area contributed by atoms with E-state index in [4.69, 9.17) is 5.73 Å². The maximum Gasteiger partial charge on any atom is 0.269 e. The van der Waals surface area contributed by atoms with Crippen LogP contribution in [0.3, 0.4) is 0 Å². The Morgan fingerprint density at radius 2 is 1.88 bits per heavy atom. The Balaban J connectivity index is 1.62. The highest BCUT2D eigenvalue weighted by Crippen LogP contribution is 2.26. The second kappa shape index (κ2) is 7.25. The Hall–Kier alpha value is -2.73. The maximum absolute atomic E-state index is 11.5. The SMILES string of the molecule is NC(=O)c1n[nH]c2ccc(-c3cncc(CN4CCCCCC4)c3)cc12. The molecule has 6 heteroatoms. The molecule has 0 radical (unpaired) electrons. The summed E-state index contributed by atoms with van der Waals surface area (Å²) in [5.74, 6) is -0.526. The summed E-state index contributed by atoms with van der Waals surface area (Å²) in [6, 6.07) is 8.07. The predicted octanol–water partition coefficient (Wildman–Crippen LogP) is 3.10. The van der Waals surface area contributed by atoms with Gasteiger partial charge in [0, 0.05) is 29.9 Å². The summed E-state index contributed by atoms with van der Waals surface area (Å²) >= 11 is 0. The number of nitrogens with two attached hydrogens (primary N) is 1. The van der Waals surface area contributed by atoms with Gasteiger partial charge in [0.2, 0.25) is 0 Å². The van der Waals surface area contributed by atoms with Crippen LogP contribution >= 0.6 is 0 Å². The number of likely N-dealkylation sites (tertiary alicyclic amines) is 1. The minimum atomic E-state index is -0.526. The van der Waals surface area contributed by atoms with Gasteiger partial charge in [-0.1, -0.05) is 18.9 Å². The lowest BCUT2D eigenvalue weighted by Gasteiger charge is -2.19. The molecule has 1 aliphatic heterocycles. The van der Waals surface area contributed by atoms with Gasteiger partial charge in [-0.15, -0.1) is 0 Å². The molecule has 0 saturated carbocycles. The van der Waals surface area contributed by atoms with Crippen LogP contribution in [0.2, 0.25) is 0 Å². The molecule has 1 aromatic carbocycles. The smallest absolute Gasteiger partial charge is 0.269 e. The third-order valence-electron chi connectivity index (χ3n) is 5.03. The number of carbonyl (C=O) groups is 1. The number of primary amides is 1. The quantitative estimate of drug-likeness (QED) is 0.757. The summed E-state index contributed by atoms with van der Waals surface area (Å²) in [7, 11) is 0. The molecule has 3 N–H and O–H groups in total. The van der Waals surface area contributed by atoms with Crippen LogP contribution in [0.5, 0.6) is 0 Å². The van der Waals surface area contributed by atoms with Crippen molar-refractivity contribution in [1.82, 2.24) is 20.1 Å². The minimum Gasteiger partial charge on any atom is -0.364 e. The van der Waals surface area contributed by atoms with Crippen LogP contribution in [-0.2, 0) is 6.54 Å². The predicted molar refractivity (Wildman–Crippen MR) is 102 cm³/mol. The number of hydrogen-bond donors (Lipinski definition) is 2. The second-order valence-electron chi connectivity index (χ2n) is 6.97. The molecule has 6 nitrogen and oxygen atoms in total. The van der Waals surface area contributed by atoms with E-state index < -0.39 is 5.91 Å². The Morgan fingerprint density at radius 3 is 2.65 bits per heavy atom. The number of fused-ring (bicyclic) bond motifs is 1. The van der Waals surface area contributed by atoms with Gasteiger partial charge in [-0.05, 0) is 55.3 Å². The number of pyridine rings is 1. The van der Waals surface area contributed by atoms with E-state index in [2.05, 4.69) is 26.1 Å². The van der Waals surface area contributed by atoms with E-state index in [0.717, 1.165) is 41.7 Å². The molecule has 4 rings (SSSR count). The molecule has 3 aromatic rings. The molecule has 2 aromatic heterocycles. The molecule has 1 saturated heterocycles. The van der Waals surface area contributed by atoms with Crippen molar-refractivity contribution in [2.75, 3.05) is 13.1 Å². The number of nitrogens with zero attached hydrogens (tertiary/aromatic N) is 3. The van der Waals surface area contributed by atoms with Gasteiger partial charge in [-0.25, -0.2) is 0 Å². The summed E-state index contributed by atoms with van der Waals surface area (Å²) in [6.45, 7) is 3.25. The number of H-pyrrole nitrogens is 1. The first-order chi connectivity index (χ1) is 12.7. The van der Waals surface area contributed by atoms with Crippen LogP contribution in [0.1, 0.15) is 41.7 Å². The Morgan fingerprint density at radius 1 is 1.08 bits per heavy atom. The fourth-order valence-corrected chi connectivity index (χ4v) is 3.67. The number of nitrogens with one attached hydrogen (secondary N) is 1. The number of aromatic amines is 1. The first-order valence-corrected chi connectivity index (χ1v) is 9.15. The first-order valence-electron chi connectivity index (χ1n) is 9.15. The fraction of sp³-hybridized carbons (Fsp3) is 0.350. The average Bonchev–Trinajstić information content (AvgIpc) is 2.91. The molecule has 0 bridgehead atoms. The highest BCUT2D eigenvalue weighted by atomic mass is 16.1. The van der Waals surface area contributed by atoms with E-state index >= 15 is 0 Å². The molecule has 0 unspecified atom stereocenters. The number of rotatable bonds is 4. The van der Waals surface area contributed by atoms with Gasteiger partial charge in [-0.3, -0.25) is 19.8 Å². The van der Waals surface area contributed by atoms with Gasteiger partial charge >= 0.3 is 0 Å². The van der Waals surface area contributed by atoms with Crippen molar-refractivity contribution in [2.24, 2.45) is 5.73 Å². The van der Waals surface area contributed by atoms with E-state index in [1.54, 1.807) is 0 Å². The fourth-order valence-electron chi connectivity index (χ4n) is 3.67. The molecular formula is C20H23N5O. The lowest BCUT2D eigenvalue weighted by atomic mass is 10.0. The summed E-state index contributed by atoms with van der Waals surface area (Å²) in [5, 5.41) is 7.60. The van der Waals surface area contributed by atoms with Crippen molar-refractivity contribution in [3.8, 4) is 11.1 Å². The monoisotopic (exact) mass is 349 g/mol. The topological polar surface area (TPSA) is 87.9 Å². The molecule has 134 valence electrons. The van der Waals surface area contributed by atoms with E-state index in [1.165, 1.54) is 31.2 Å². The summed E-state index contributed by atoms with van der Waals surface area (Å²) in [5.41, 5.74) is 9.75. The van der Waals surface area contributed by atoms with Crippen molar-refractivity contribution >= 4 is 16.8 Å². The number of hydrogen-bond acceptors (Lipinski definition) is 4. The van der Waals surface area contributed by atoms with Crippen LogP contribution in [0.15, 0.2) is 36.7 Å².